The third-order valence-corrected chi connectivity index (χ3v) is 7.45. The van der Waals surface area contributed by atoms with E-state index in [4.69, 9.17) is 8.92 Å². The van der Waals surface area contributed by atoms with Gasteiger partial charge in [0.15, 0.2) is 0 Å². The van der Waals surface area contributed by atoms with Crippen LogP contribution in [0.4, 0.5) is 10.5 Å². The molecule has 0 saturated carbocycles. The summed E-state index contributed by atoms with van der Waals surface area (Å²) in [7, 11) is -3.87. The maximum Gasteiger partial charge on any atom is 0.410 e. The van der Waals surface area contributed by atoms with Gasteiger partial charge in [-0.05, 0) is 71.0 Å². The highest BCUT2D eigenvalue weighted by Gasteiger charge is 2.59. The van der Waals surface area contributed by atoms with E-state index < -0.39 is 15.7 Å². The highest BCUT2D eigenvalue weighted by Crippen LogP contribution is 2.47. The van der Waals surface area contributed by atoms with Crippen LogP contribution < -0.4 is 9.08 Å². The van der Waals surface area contributed by atoms with Crippen LogP contribution in [0.5, 0.6) is 5.75 Å². The van der Waals surface area contributed by atoms with E-state index in [9.17, 15) is 13.2 Å². The van der Waals surface area contributed by atoms with Gasteiger partial charge in [-0.15, -0.1) is 0 Å². The predicted molar refractivity (Wildman–Crippen MR) is 122 cm³/mol. The van der Waals surface area contributed by atoms with E-state index in [0.717, 1.165) is 17.8 Å². The zero-order valence-corrected chi connectivity index (χ0v) is 20.0. The van der Waals surface area contributed by atoms with Gasteiger partial charge in [0, 0.05) is 36.8 Å². The molecule has 1 spiro atoms. The fourth-order valence-electron chi connectivity index (χ4n) is 4.25. The monoisotopic (exact) mass is 458 g/mol. The summed E-state index contributed by atoms with van der Waals surface area (Å²) in [6, 6.07) is 13.9. The van der Waals surface area contributed by atoms with Gasteiger partial charge in [0.25, 0.3) is 0 Å². The van der Waals surface area contributed by atoms with Gasteiger partial charge in [0.2, 0.25) is 0 Å². The number of likely N-dealkylation sites (tertiary alicyclic amines) is 1. The van der Waals surface area contributed by atoms with Crippen molar-refractivity contribution in [2.45, 2.75) is 51.2 Å². The summed E-state index contributed by atoms with van der Waals surface area (Å²) < 4.78 is 35.7. The maximum absolute atomic E-state index is 12.5. The molecular formula is C24H30N2O5S. The molecule has 2 saturated heterocycles. The first kappa shape index (κ1) is 22.5. The summed E-state index contributed by atoms with van der Waals surface area (Å²) in [5.41, 5.74) is 1.57. The van der Waals surface area contributed by atoms with Gasteiger partial charge in [-0.2, -0.15) is 8.42 Å². The molecule has 1 unspecified atom stereocenters. The highest BCUT2D eigenvalue weighted by molar-refractivity contribution is 7.87. The minimum atomic E-state index is -3.87. The SMILES string of the molecule is Cc1ccc(S(=O)(=O)Oc2ccc(N3CC4(CN(C(=O)OC(C)(C)C)C4)C3C)cc2)cc1. The maximum atomic E-state index is 12.5. The van der Waals surface area contributed by atoms with Gasteiger partial charge in [0.1, 0.15) is 16.2 Å². The van der Waals surface area contributed by atoms with Crippen LogP contribution in [0.1, 0.15) is 33.3 Å². The first-order valence-corrected chi connectivity index (χ1v) is 12.2. The molecule has 0 aromatic heterocycles. The van der Waals surface area contributed by atoms with Crippen molar-refractivity contribution in [3.63, 3.8) is 0 Å². The molecule has 2 fully saturated rings. The summed E-state index contributed by atoms with van der Waals surface area (Å²) in [4.78, 5) is 16.4. The van der Waals surface area contributed by atoms with Crippen LogP contribution in [0.15, 0.2) is 53.4 Å². The Morgan fingerprint density at radius 1 is 1.00 bits per heavy atom. The second-order valence-corrected chi connectivity index (χ2v) is 11.4. The lowest BCUT2D eigenvalue weighted by Gasteiger charge is -2.65. The molecule has 2 aliphatic heterocycles. The molecule has 0 aliphatic carbocycles. The Bertz CT molecular complexity index is 1100. The fraction of sp³-hybridized carbons (Fsp3) is 0.458. The molecule has 4 rings (SSSR count). The van der Waals surface area contributed by atoms with Crippen molar-refractivity contribution in [2.24, 2.45) is 5.41 Å². The van der Waals surface area contributed by atoms with Crippen molar-refractivity contribution in [1.29, 1.82) is 0 Å². The average Bonchev–Trinajstić information content (AvgIpc) is 2.65. The van der Waals surface area contributed by atoms with Crippen molar-refractivity contribution >= 4 is 21.9 Å². The smallest absolute Gasteiger partial charge is 0.410 e. The average molecular weight is 459 g/mol. The first-order chi connectivity index (χ1) is 14.9. The Labute approximate surface area is 190 Å². The number of hydrogen-bond donors (Lipinski definition) is 0. The molecule has 0 bridgehead atoms. The van der Waals surface area contributed by atoms with Gasteiger partial charge in [0.05, 0.1) is 0 Å². The van der Waals surface area contributed by atoms with Crippen LogP contribution in [0.2, 0.25) is 0 Å². The number of ether oxygens (including phenoxy) is 1. The third-order valence-electron chi connectivity index (χ3n) is 6.19. The van der Waals surface area contributed by atoms with Crippen molar-refractivity contribution in [3.05, 3.63) is 54.1 Å². The van der Waals surface area contributed by atoms with E-state index in [1.807, 2.05) is 39.8 Å². The van der Waals surface area contributed by atoms with Crippen LogP contribution >= 0.6 is 0 Å². The Balaban J connectivity index is 1.35. The molecule has 2 aromatic rings. The van der Waals surface area contributed by atoms with E-state index in [-0.39, 0.29) is 28.2 Å². The van der Waals surface area contributed by atoms with Gasteiger partial charge < -0.3 is 18.7 Å². The number of nitrogens with zero attached hydrogens (tertiary/aromatic N) is 2. The molecule has 8 heteroatoms. The van der Waals surface area contributed by atoms with Crippen LogP contribution in [-0.2, 0) is 14.9 Å². The first-order valence-electron chi connectivity index (χ1n) is 10.7. The number of anilines is 1. The normalized spacial score (nSPS) is 19.8. The van der Waals surface area contributed by atoms with E-state index >= 15 is 0 Å². The molecule has 1 amide bonds. The van der Waals surface area contributed by atoms with Crippen LogP contribution in [0.3, 0.4) is 0 Å². The number of aryl methyl sites for hydroxylation is 1. The molecule has 172 valence electrons. The summed E-state index contributed by atoms with van der Waals surface area (Å²) in [6.45, 7) is 11.9. The number of hydrogen-bond acceptors (Lipinski definition) is 6. The minimum Gasteiger partial charge on any atom is -0.444 e. The summed E-state index contributed by atoms with van der Waals surface area (Å²) >= 11 is 0. The standard InChI is InChI=1S/C24H30N2O5S/c1-17-6-12-21(13-7-17)32(28,29)31-20-10-8-19(9-11-20)26-16-24(18(26)2)14-25(15-24)22(27)30-23(3,4)5/h6-13,18H,14-16H2,1-5H3. The van der Waals surface area contributed by atoms with Gasteiger partial charge >= 0.3 is 16.2 Å². The molecule has 2 aromatic carbocycles. The Morgan fingerprint density at radius 3 is 2.12 bits per heavy atom. The van der Waals surface area contributed by atoms with E-state index in [1.165, 1.54) is 0 Å². The minimum absolute atomic E-state index is 0.0842. The topological polar surface area (TPSA) is 76.2 Å². The Kier molecular flexibility index (Phi) is 5.40. The van der Waals surface area contributed by atoms with Gasteiger partial charge in [-0.25, -0.2) is 4.79 Å². The van der Waals surface area contributed by atoms with Crippen molar-refractivity contribution < 1.29 is 22.1 Å². The lowest BCUT2D eigenvalue weighted by atomic mass is 9.66. The Hall–Kier alpha value is -2.74. The van der Waals surface area contributed by atoms with E-state index in [1.54, 1.807) is 41.3 Å². The number of carbonyl (C=O) groups excluding carboxylic acids is 1. The van der Waals surface area contributed by atoms with Crippen LogP contribution in [-0.4, -0.2) is 50.7 Å². The van der Waals surface area contributed by atoms with Crippen LogP contribution in [0, 0.1) is 12.3 Å². The zero-order chi connectivity index (χ0) is 23.3. The summed E-state index contributed by atoms with van der Waals surface area (Å²) in [6.07, 6.45) is -0.259. The highest BCUT2D eigenvalue weighted by atomic mass is 32.2. The molecule has 7 nitrogen and oxygen atoms in total. The third kappa shape index (κ3) is 4.28. The second kappa shape index (κ2) is 7.69. The molecule has 1 atom stereocenters. The lowest BCUT2D eigenvalue weighted by molar-refractivity contribution is -0.0642. The van der Waals surface area contributed by atoms with Gasteiger partial charge in [-0.1, -0.05) is 17.7 Å². The van der Waals surface area contributed by atoms with Crippen molar-refractivity contribution in [3.8, 4) is 5.75 Å². The molecule has 0 N–H and O–H groups in total. The molecular weight excluding hydrogens is 428 g/mol. The Morgan fingerprint density at radius 2 is 1.59 bits per heavy atom. The van der Waals surface area contributed by atoms with Crippen LogP contribution in [0.25, 0.3) is 0 Å². The largest absolute Gasteiger partial charge is 0.444 e. The van der Waals surface area contributed by atoms with E-state index in [2.05, 4.69) is 11.8 Å². The molecule has 32 heavy (non-hydrogen) atoms. The molecule has 0 radical (unpaired) electrons. The summed E-state index contributed by atoms with van der Waals surface area (Å²) in [5.74, 6) is 0.275. The fourth-order valence-corrected chi connectivity index (χ4v) is 5.18. The lowest BCUT2D eigenvalue weighted by Crippen LogP contribution is -2.77. The molecule has 2 heterocycles. The number of benzene rings is 2. The molecule has 2 aliphatic rings. The zero-order valence-electron chi connectivity index (χ0n) is 19.2. The van der Waals surface area contributed by atoms with E-state index in [0.29, 0.717) is 13.1 Å². The summed E-state index contributed by atoms with van der Waals surface area (Å²) in [5, 5.41) is 0. The number of carbonyl (C=O) groups is 1. The second-order valence-electron chi connectivity index (χ2n) is 9.85. The van der Waals surface area contributed by atoms with Crippen molar-refractivity contribution in [1.82, 2.24) is 4.90 Å². The quantitative estimate of drug-likeness (QED) is 0.639. The van der Waals surface area contributed by atoms with Gasteiger partial charge in [-0.3, -0.25) is 0 Å². The predicted octanol–water partition coefficient (Wildman–Crippen LogP) is 4.21. The number of amides is 1. The number of rotatable bonds is 4. The van der Waals surface area contributed by atoms with Crippen molar-refractivity contribution in [2.75, 3.05) is 24.5 Å².